The summed E-state index contributed by atoms with van der Waals surface area (Å²) in [5.41, 5.74) is 0.972. The zero-order chi connectivity index (χ0) is 9.52. The first kappa shape index (κ1) is 10.1. The van der Waals surface area contributed by atoms with Crippen LogP contribution in [0.25, 0.3) is 0 Å². The maximum Gasteiger partial charge on any atom is 0.0964 e. The van der Waals surface area contributed by atoms with Gasteiger partial charge in [-0.2, -0.15) is 0 Å². The van der Waals surface area contributed by atoms with Gasteiger partial charge in [-0.25, -0.2) is 0 Å². The number of aromatic nitrogens is 3. The third kappa shape index (κ3) is 3.52. The van der Waals surface area contributed by atoms with Crippen LogP contribution in [0.2, 0.25) is 0 Å². The molecule has 1 heterocycles. The number of nitrogens with zero attached hydrogens (tertiary/aromatic N) is 3. The van der Waals surface area contributed by atoms with Crippen LogP contribution in [0.15, 0.2) is 6.20 Å². The second-order valence-corrected chi connectivity index (χ2v) is 2.85. The quantitative estimate of drug-likeness (QED) is 0.634. The summed E-state index contributed by atoms with van der Waals surface area (Å²) < 4.78 is 6.78. The summed E-state index contributed by atoms with van der Waals surface area (Å²) >= 11 is 0. The minimum Gasteiger partial charge on any atom is -0.385 e. The highest BCUT2D eigenvalue weighted by molar-refractivity contribution is 4.90. The summed E-state index contributed by atoms with van der Waals surface area (Å²) in [6.45, 7) is 2.40. The number of hydrogen-bond donors (Lipinski definition) is 1. The first-order chi connectivity index (χ1) is 6.36. The van der Waals surface area contributed by atoms with Crippen LogP contribution in [0.3, 0.4) is 0 Å². The number of aryl methyl sites for hydroxylation is 1. The Kier molecular flexibility index (Phi) is 4.42. The van der Waals surface area contributed by atoms with Crippen molar-refractivity contribution in [1.82, 2.24) is 20.3 Å². The van der Waals surface area contributed by atoms with E-state index in [1.54, 1.807) is 7.11 Å². The second-order valence-electron chi connectivity index (χ2n) is 2.85. The van der Waals surface area contributed by atoms with Gasteiger partial charge in [0.25, 0.3) is 0 Å². The normalized spacial score (nSPS) is 10.6. The average Bonchev–Trinajstić information content (AvgIpc) is 2.54. The van der Waals surface area contributed by atoms with Crippen molar-refractivity contribution in [1.29, 1.82) is 0 Å². The zero-order valence-corrected chi connectivity index (χ0v) is 8.16. The van der Waals surface area contributed by atoms with E-state index >= 15 is 0 Å². The molecule has 0 bridgehead atoms. The Morgan fingerprint density at radius 3 is 3.15 bits per heavy atom. The topological polar surface area (TPSA) is 52.0 Å². The van der Waals surface area contributed by atoms with E-state index < -0.39 is 0 Å². The maximum absolute atomic E-state index is 4.94. The van der Waals surface area contributed by atoms with Crippen molar-refractivity contribution in [2.45, 2.75) is 19.5 Å². The second kappa shape index (κ2) is 5.66. The number of rotatable bonds is 6. The summed E-state index contributed by atoms with van der Waals surface area (Å²) in [5.74, 6) is 0. The monoisotopic (exact) mass is 184 g/mol. The first-order valence-corrected chi connectivity index (χ1v) is 4.39. The zero-order valence-electron chi connectivity index (χ0n) is 8.16. The van der Waals surface area contributed by atoms with Crippen molar-refractivity contribution < 1.29 is 4.74 Å². The molecular weight excluding hydrogens is 168 g/mol. The molecular formula is C8H16N4O. The molecule has 0 aliphatic carbocycles. The maximum atomic E-state index is 4.94. The predicted octanol–water partition coefficient (Wildman–Crippen LogP) is 0.0340. The van der Waals surface area contributed by atoms with Crippen LogP contribution in [-0.4, -0.2) is 35.8 Å². The number of hydrogen-bond acceptors (Lipinski definition) is 4. The van der Waals surface area contributed by atoms with Gasteiger partial charge in [0.2, 0.25) is 0 Å². The highest BCUT2D eigenvalue weighted by Crippen LogP contribution is 1.93. The fraction of sp³-hybridized carbons (Fsp3) is 0.750. The molecule has 74 valence electrons. The van der Waals surface area contributed by atoms with Gasteiger partial charge < -0.3 is 10.1 Å². The van der Waals surface area contributed by atoms with Crippen molar-refractivity contribution >= 4 is 0 Å². The van der Waals surface area contributed by atoms with E-state index in [1.165, 1.54) is 0 Å². The van der Waals surface area contributed by atoms with Crippen LogP contribution in [0.1, 0.15) is 12.1 Å². The summed E-state index contributed by atoms with van der Waals surface area (Å²) in [7, 11) is 3.59. The minimum atomic E-state index is 0.765. The fourth-order valence-electron chi connectivity index (χ4n) is 1.08. The summed E-state index contributed by atoms with van der Waals surface area (Å²) in [6, 6.07) is 0. The molecule has 1 N–H and O–H groups in total. The van der Waals surface area contributed by atoms with Crippen LogP contribution in [0, 0.1) is 0 Å². The van der Waals surface area contributed by atoms with Gasteiger partial charge in [-0.3, -0.25) is 4.68 Å². The first-order valence-electron chi connectivity index (χ1n) is 4.39. The lowest BCUT2D eigenvalue weighted by Gasteiger charge is -1.98. The van der Waals surface area contributed by atoms with E-state index in [0.29, 0.717) is 0 Å². The lowest BCUT2D eigenvalue weighted by molar-refractivity contribution is 0.188. The third-order valence-electron chi connectivity index (χ3n) is 1.68. The van der Waals surface area contributed by atoms with Gasteiger partial charge in [-0.05, 0) is 13.5 Å². The molecule has 0 radical (unpaired) electrons. The number of ether oxygens (including phenoxy) is 1. The molecule has 1 rings (SSSR count). The lowest BCUT2D eigenvalue weighted by Crippen LogP contribution is -2.05. The van der Waals surface area contributed by atoms with E-state index in [1.807, 2.05) is 17.9 Å². The standard InChI is InChI=1S/C8H16N4O/c1-9-6-8-7-12(11-10-8)4-3-5-13-2/h7,9H,3-6H2,1-2H3. The van der Waals surface area contributed by atoms with Crippen molar-refractivity contribution in [2.75, 3.05) is 20.8 Å². The minimum absolute atomic E-state index is 0.765. The molecule has 1 aromatic heterocycles. The number of methoxy groups -OCH3 is 1. The van der Waals surface area contributed by atoms with Gasteiger partial charge in [0, 0.05) is 33.0 Å². The molecule has 0 saturated carbocycles. The Morgan fingerprint density at radius 1 is 1.62 bits per heavy atom. The molecule has 0 aliphatic heterocycles. The van der Waals surface area contributed by atoms with E-state index in [4.69, 9.17) is 4.74 Å². The Hall–Kier alpha value is -0.940. The Bertz CT molecular complexity index is 236. The SMILES string of the molecule is CNCc1cn(CCCOC)nn1. The molecule has 0 fully saturated rings. The van der Waals surface area contributed by atoms with Crippen molar-refractivity contribution in [3.8, 4) is 0 Å². The molecule has 5 heteroatoms. The smallest absolute Gasteiger partial charge is 0.0964 e. The lowest BCUT2D eigenvalue weighted by atomic mass is 10.4. The molecule has 1 aromatic rings. The van der Waals surface area contributed by atoms with Crippen molar-refractivity contribution in [2.24, 2.45) is 0 Å². The van der Waals surface area contributed by atoms with Crippen LogP contribution in [0.4, 0.5) is 0 Å². The summed E-state index contributed by atoms with van der Waals surface area (Å²) in [5, 5.41) is 11.0. The summed E-state index contributed by atoms with van der Waals surface area (Å²) in [6.07, 6.45) is 2.92. The van der Waals surface area contributed by atoms with E-state index in [9.17, 15) is 0 Å². The molecule has 5 nitrogen and oxygen atoms in total. The van der Waals surface area contributed by atoms with Gasteiger partial charge in [0.1, 0.15) is 0 Å². The molecule has 0 amide bonds. The Balaban J connectivity index is 2.31. The molecule has 0 unspecified atom stereocenters. The predicted molar refractivity (Wildman–Crippen MR) is 49.3 cm³/mol. The number of nitrogens with one attached hydrogen (secondary N) is 1. The van der Waals surface area contributed by atoms with Gasteiger partial charge in [-0.15, -0.1) is 5.10 Å². The highest BCUT2D eigenvalue weighted by atomic mass is 16.5. The van der Waals surface area contributed by atoms with Gasteiger partial charge >= 0.3 is 0 Å². The third-order valence-corrected chi connectivity index (χ3v) is 1.68. The van der Waals surface area contributed by atoms with Gasteiger partial charge in [-0.1, -0.05) is 5.21 Å². The molecule has 0 spiro atoms. The van der Waals surface area contributed by atoms with Gasteiger partial charge in [0.05, 0.1) is 5.69 Å². The van der Waals surface area contributed by atoms with Crippen molar-refractivity contribution in [3.63, 3.8) is 0 Å². The molecule has 13 heavy (non-hydrogen) atoms. The highest BCUT2D eigenvalue weighted by Gasteiger charge is 1.98. The van der Waals surface area contributed by atoms with Crippen LogP contribution in [-0.2, 0) is 17.8 Å². The van der Waals surface area contributed by atoms with Crippen molar-refractivity contribution in [3.05, 3.63) is 11.9 Å². The largest absolute Gasteiger partial charge is 0.385 e. The van der Waals surface area contributed by atoms with E-state index in [-0.39, 0.29) is 0 Å². The molecule has 0 saturated heterocycles. The average molecular weight is 184 g/mol. The Labute approximate surface area is 78.1 Å². The fourth-order valence-corrected chi connectivity index (χ4v) is 1.08. The Morgan fingerprint density at radius 2 is 2.46 bits per heavy atom. The summed E-state index contributed by atoms with van der Waals surface area (Å²) in [4.78, 5) is 0. The molecule has 0 aliphatic rings. The van der Waals surface area contributed by atoms with Crippen LogP contribution in [0.5, 0.6) is 0 Å². The molecule has 0 aromatic carbocycles. The van der Waals surface area contributed by atoms with Crippen LogP contribution >= 0.6 is 0 Å². The molecule has 0 atom stereocenters. The van der Waals surface area contributed by atoms with Crippen LogP contribution < -0.4 is 5.32 Å². The van der Waals surface area contributed by atoms with E-state index in [2.05, 4.69) is 15.6 Å². The van der Waals surface area contributed by atoms with Gasteiger partial charge in [0.15, 0.2) is 0 Å². The van der Waals surface area contributed by atoms with E-state index in [0.717, 1.165) is 31.8 Å².